The number of aliphatic imine (C=N–C) groups is 1. The van der Waals surface area contributed by atoms with Crippen molar-refractivity contribution in [3.8, 4) is 11.3 Å². The van der Waals surface area contributed by atoms with Gasteiger partial charge in [-0.1, -0.05) is 42.5 Å². The number of hydrazone groups is 1. The van der Waals surface area contributed by atoms with Crippen LogP contribution in [0.15, 0.2) is 83.0 Å². The van der Waals surface area contributed by atoms with Crippen LogP contribution in [0.25, 0.3) is 22.2 Å². The van der Waals surface area contributed by atoms with Crippen LogP contribution in [0.2, 0.25) is 0 Å². The van der Waals surface area contributed by atoms with E-state index >= 15 is 0 Å². The fourth-order valence-electron chi connectivity index (χ4n) is 3.60. The average molecular weight is 500 g/mol. The number of nitrogens with zero attached hydrogens (tertiary/aromatic N) is 3. The molecule has 4 aromatic rings. The van der Waals surface area contributed by atoms with Crippen molar-refractivity contribution in [3.05, 3.63) is 84.2 Å². The molecule has 0 amide bonds. The molecule has 2 aromatic carbocycles. The SMILES string of the molecule is C/C(=N\NC1=Nc2ccccc2-c2[nH]c3ccccc3c2C1)c1ccccn1.[Cl][Cu][Cl]. The van der Waals surface area contributed by atoms with Crippen LogP contribution in [0, 0.1) is 0 Å². The number of amidine groups is 1. The summed E-state index contributed by atoms with van der Waals surface area (Å²) in [5, 5.41) is 5.75. The van der Waals surface area contributed by atoms with Gasteiger partial charge in [-0.25, -0.2) is 4.99 Å². The fourth-order valence-corrected chi connectivity index (χ4v) is 3.60. The van der Waals surface area contributed by atoms with E-state index in [-0.39, 0.29) is 0 Å². The van der Waals surface area contributed by atoms with Gasteiger partial charge < -0.3 is 4.98 Å². The van der Waals surface area contributed by atoms with Crippen LogP contribution in [0.1, 0.15) is 18.2 Å². The van der Waals surface area contributed by atoms with Gasteiger partial charge in [-0.2, -0.15) is 5.10 Å². The van der Waals surface area contributed by atoms with E-state index in [1.54, 1.807) is 6.20 Å². The third kappa shape index (κ3) is 4.83. The molecule has 1 aliphatic rings. The molecule has 0 bridgehead atoms. The van der Waals surface area contributed by atoms with E-state index in [9.17, 15) is 0 Å². The Morgan fingerprint density at radius 2 is 1.77 bits per heavy atom. The van der Waals surface area contributed by atoms with Gasteiger partial charge in [0.25, 0.3) is 0 Å². The third-order valence-electron chi connectivity index (χ3n) is 4.97. The Kier molecular flexibility index (Phi) is 7.05. The summed E-state index contributed by atoms with van der Waals surface area (Å²) in [7, 11) is 9.34. The molecule has 1 aliphatic heterocycles. The summed E-state index contributed by atoms with van der Waals surface area (Å²) in [4.78, 5) is 12.8. The zero-order chi connectivity index (χ0) is 21.6. The van der Waals surface area contributed by atoms with E-state index in [2.05, 4.69) is 71.0 Å². The van der Waals surface area contributed by atoms with Crippen molar-refractivity contribution in [2.75, 3.05) is 0 Å². The molecule has 3 heterocycles. The number of halogens is 2. The quantitative estimate of drug-likeness (QED) is 0.196. The van der Waals surface area contributed by atoms with Gasteiger partial charge in [0, 0.05) is 29.1 Å². The summed E-state index contributed by atoms with van der Waals surface area (Å²) < 4.78 is 0. The van der Waals surface area contributed by atoms with E-state index in [1.165, 1.54) is 10.9 Å². The van der Waals surface area contributed by atoms with Gasteiger partial charge >= 0.3 is 33.3 Å². The summed E-state index contributed by atoms with van der Waals surface area (Å²) in [6.07, 6.45) is 2.44. The number of aromatic amines is 1. The molecule has 2 N–H and O–H groups in total. The Hall–Kier alpha value is -2.63. The number of pyridine rings is 1. The molecular formula is C23H19Cl2CuN5. The number of hydrogen-bond donors (Lipinski definition) is 2. The van der Waals surface area contributed by atoms with Crippen LogP contribution in [0.3, 0.4) is 0 Å². The van der Waals surface area contributed by atoms with Crippen molar-refractivity contribution in [2.24, 2.45) is 10.1 Å². The summed E-state index contributed by atoms with van der Waals surface area (Å²) in [6.45, 7) is 1.94. The number of hydrogen-bond acceptors (Lipinski definition) is 4. The van der Waals surface area contributed by atoms with Crippen molar-refractivity contribution in [1.82, 2.24) is 15.4 Å². The van der Waals surface area contributed by atoms with Gasteiger partial charge in [-0.05, 0) is 36.8 Å². The Labute approximate surface area is 195 Å². The van der Waals surface area contributed by atoms with Crippen molar-refractivity contribution in [3.63, 3.8) is 0 Å². The molecule has 0 atom stereocenters. The predicted molar refractivity (Wildman–Crippen MR) is 126 cm³/mol. The zero-order valence-electron chi connectivity index (χ0n) is 16.5. The summed E-state index contributed by atoms with van der Waals surface area (Å²) in [6, 6.07) is 22.4. The second kappa shape index (κ2) is 10.1. The maximum atomic E-state index is 4.86. The van der Waals surface area contributed by atoms with Gasteiger partial charge in [0.15, 0.2) is 0 Å². The average Bonchev–Trinajstić information content (AvgIpc) is 3.09. The Morgan fingerprint density at radius 1 is 1.03 bits per heavy atom. The molecular weight excluding hydrogens is 481 g/mol. The number of rotatable bonds is 2. The molecule has 0 aliphatic carbocycles. The zero-order valence-corrected chi connectivity index (χ0v) is 19.0. The molecule has 0 unspecified atom stereocenters. The van der Waals surface area contributed by atoms with Crippen LogP contribution in [0.5, 0.6) is 0 Å². The van der Waals surface area contributed by atoms with Gasteiger partial charge in [-0.15, -0.1) is 0 Å². The Morgan fingerprint density at radius 3 is 2.58 bits per heavy atom. The molecule has 0 spiro atoms. The van der Waals surface area contributed by atoms with Crippen LogP contribution < -0.4 is 5.43 Å². The second-order valence-electron chi connectivity index (χ2n) is 6.84. The first-order chi connectivity index (χ1) is 15.2. The molecule has 161 valence electrons. The summed E-state index contributed by atoms with van der Waals surface area (Å²) >= 11 is 0.757. The molecule has 0 saturated carbocycles. The number of aromatic nitrogens is 2. The van der Waals surface area contributed by atoms with Crippen LogP contribution in [-0.4, -0.2) is 21.5 Å². The molecule has 0 radical (unpaired) electrons. The number of H-pyrrole nitrogens is 1. The van der Waals surface area contributed by atoms with Gasteiger partial charge in [0.1, 0.15) is 5.84 Å². The van der Waals surface area contributed by atoms with E-state index < -0.39 is 0 Å². The first kappa shape index (κ1) is 21.6. The number of para-hydroxylation sites is 2. The van der Waals surface area contributed by atoms with Gasteiger partial charge in [0.2, 0.25) is 0 Å². The van der Waals surface area contributed by atoms with E-state index in [0.717, 1.165) is 52.8 Å². The molecule has 0 fully saturated rings. The van der Waals surface area contributed by atoms with E-state index in [0.29, 0.717) is 6.42 Å². The Balaban J connectivity index is 0.000000730. The first-order valence-corrected chi connectivity index (χ1v) is 12.1. The van der Waals surface area contributed by atoms with Crippen LogP contribution in [-0.2, 0) is 19.6 Å². The van der Waals surface area contributed by atoms with E-state index in [1.807, 2.05) is 43.3 Å². The number of benzene rings is 2. The standard InChI is InChI=1S/C23H19N5.2ClH.Cu/c1-15(19-10-6-7-13-24-19)27-28-22-14-18-16-8-2-4-11-20(16)26-23(18)17-9-3-5-12-21(17)25-22;;;/h2-13,26H,14H2,1H3,(H,25,28);2*1H;/q;;;+2/p-2/b27-15+;;;. The summed E-state index contributed by atoms with van der Waals surface area (Å²) in [5.74, 6) is 0.811. The van der Waals surface area contributed by atoms with Crippen molar-refractivity contribution < 1.29 is 13.1 Å². The van der Waals surface area contributed by atoms with Gasteiger partial charge in [-0.3, -0.25) is 10.4 Å². The molecule has 0 saturated heterocycles. The normalized spacial score (nSPS) is 12.9. The second-order valence-corrected chi connectivity index (χ2v) is 8.40. The van der Waals surface area contributed by atoms with Crippen LogP contribution in [0.4, 0.5) is 5.69 Å². The van der Waals surface area contributed by atoms with Crippen molar-refractivity contribution in [1.29, 1.82) is 0 Å². The maximum absolute atomic E-state index is 4.86. The number of fused-ring (bicyclic) bond motifs is 5. The van der Waals surface area contributed by atoms with Gasteiger partial charge in [0.05, 0.1) is 22.8 Å². The molecule has 5 nitrogen and oxygen atoms in total. The molecule has 5 rings (SSSR count). The predicted octanol–water partition coefficient (Wildman–Crippen LogP) is 6.21. The fraction of sp³-hybridized carbons (Fsp3) is 0.0870. The monoisotopic (exact) mass is 498 g/mol. The molecule has 31 heavy (non-hydrogen) atoms. The molecule has 2 aromatic heterocycles. The first-order valence-electron chi connectivity index (χ1n) is 9.50. The Bertz CT molecular complexity index is 1250. The third-order valence-corrected chi connectivity index (χ3v) is 4.97. The van der Waals surface area contributed by atoms with Crippen molar-refractivity contribution in [2.45, 2.75) is 13.3 Å². The van der Waals surface area contributed by atoms with Crippen LogP contribution >= 0.6 is 20.2 Å². The van der Waals surface area contributed by atoms with Crippen molar-refractivity contribution >= 4 is 48.3 Å². The van der Waals surface area contributed by atoms with E-state index in [4.69, 9.17) is 4.99 Å². The minimum atomic E-state index is 0.674. The number of nitrogens with one attached hydrogen (secondary N) is 2. The minimum absolute atomic E-state index is 0.674. The molecule has 8 heteroatoms. The topological polar surface area (TPSA) is 65.4 Å². The summed E-state index contributed by atoms with van der Waals surface area (Å²) in [5.41, 5.74) is 10.4.